The highest BCUT2D eigenvalue weighted by molar-refractivity contribution is 9.10. The maximum atomic E-state index is 13.3. The molecule has 0 aliphatic carbocycles. The summed E-state index contributed by atoms with van der Waals surface area (Å²) in [5, 5.41) is 7.79. The van der Waals surface area contributed by atoms with Crippen molar-refractivity contribution in [2.75, 3.05) is 30.9 Å². The number of hydrogen-bond acceptors (Lipinski definition) is 6. The molecule has 0 radical (unpaired) electrons. The molecule has 0 saturated carbocycles. The Kier molecular flexibility index (Phi) is 8.03. The molecular formula is C28H28BrN5O3. The second kappa shape index (κ2) is 11.4. The molecule has 0 bridgehead atoms. The number of carbonyl (C=O) groups excluding carboxylic acids is 1. The van der Waals surface area contributed by atoms with Crippen molar-refractivity contribution in [2.45, 2.75) is 19.8 Å². The van der Waals surface area contributed by atoms with Gasteiger partial charge in [0.15, 0.2) is 6.61 Å². The van der Waals surface area contributed by atoms with Gasteiger partial charge in [-0.25, -0.2) is 4.98 Å². The Hall–Kier alpha value is -3.98. The molecule has 9 heteroatoms. The normalized spacial score (nSPS) is 11.3. The van der Waals surface area contributed by atoms with Crippen LogP contribution in [0.25, 0.3) is 10.9 Å². The van der Waals surface area contributed by atoms with E-state index in [-0.39, 0.29) is 24.0 Å². The number of aromatic nitrogens is 2. The Morgan fingerprint density at radius 2 is 1.89 bits per heavy atom. The first-order valence-corrected chi connectivity index (χ1v) is 12.6. The number of benzene rings is 3. The quantitative estimate of drug-likeness (QED) is 0.297. The predicted octanol–water partition coefficient (Wildman–Crippen LogP) is 5.25. The maximum Gasteiger partial charge on any atom is 0.282 e. The van der Waals surface area contributed by atoms with E-state index in [1.807, 2.05) is 93.5 Å². The van der Waals surface area contributed by atoms with Crippen LogP contribution in [-0.2, 0) is 4.79 Å². The van der Waals surface area contributed by atoms with E-state index < -0.39 is 0 Å². The van der Waals surface area contributed by atoms with Crippen molar-refractivity contribution in [3.8, 4) is 5.75 Å². The molecule has 1 N–H and O–H groups in total. The van der Waals surface area contributed by atoms with Gasteiger partial charge in [0.1, 0.15) is 11.6 Å². The topological polar surface area (TPSA) is 88.8 Å². The van der Waals surface area contributed by atoms with Crippen LogP contribution in [0.2, 0.25) is 0 Å². The Morgan fingerprint density at radius 3 is 2.59 bits per heavy atom. The second-order valence-corrected chi connectivity index (χ2v) is 9.88. The molecule has 0 unspecified atom stereocenters. The number of anilines is 2. The van der Waals surface area contributed by atoms with Gasteiger partial charge >= 0.3 is 0 Å². The third-order valence-corrected chi connectivity index (χ3v) is 6.09. The standard InChI is InChI=1S/C28H28BrN5O3/c1-18(2)27-32-24-13-11-20(29)14-23(24)28(36)34(27)30-16-19-10-12-22(33(3)4)15-25(19)37-17-26(35)31-21-8-6-5-7-9-21/h5-16,18H,17H2,1-4H3,(H,31,35). The number of halogens is 1. The fourth-order valence-electron chi connectivity index (χ4n) is 3.67. The third-order valence-electron chi connectivity index (χ3n) is 5.59. The summed E-state index contributed by atoms with van der Waals surface area (Å²) in [5.41, 5.74) is 2.56. The molecule has 0 fully saturated rings. The summed E-state index contributed by atoms with van der Waals surface area (Å²) in [6, 6.07) is 20.2. The minimum absolute atomic E-state index is 0.0357. The van der Waals surface area contributed by atoms with Crippen molar-refractivity contribution in [2.24, 2.45) is 5.10 Å². The number of nitrogens with one attached hydrogen (secondary N) is 1. The lowest BCUT2D eigenvalue weighted by Crippen LogP contribution is -2.23. The molecule has 1 aromatic heterocycles. The molecule has 8 nitrogen and oxygen atoms in total. The Labute approximate surface area is 223 Å². The summed E-state index contributed by atoms with van der Waals surface area (Å²) in [6.07, 6.45) is 1.56. The summed E-state index contributed by atoms with van der Waals surface area (Å²) < 4.78 is 8.02. The smallest absolute Gasteiger partial charge is 0.282 e. The molecule has 37 heavy (non-hydrogen) atoms. The van der Waals surface area contributed by atoms with Crippen molar-refractivity contribution < 1.29 is 9.53 Å². The van der Waals surface area contributed by atoms with Crippen LogP contribution < -0.4 is 20.5 Å². The average Bonchev–Trinajstić information content (AvgIpc) is 2.87. The van der Waals surface area contributed by atoms with Gasteiger partial charge in [-0.05, 0) is 42.5 Å². The van der Waals surface area contributed by atoms with E-state index in [0.717, 1.165) is 10.2 Å². The van der Waals surface area contributed by atoms with Gasteiger partial charge in [0.2, 0.25) is 0 Å². The lowest BCUT2D eigenvalue weighted by Gasteiger charge is -2.16. The van der Waals surface area contributed by atoms with Gasteiger partial charge in [0.25, 0.3) is 11.5 Å². The Bertz CT molecular complexity index is 1510. The van der Waals surface area contributed by atoms with Crippen LogP contribution in [0.1, 0.15) is 31.2 Å². The largest absolute Gasteiger partial charge is 0.483 e. The Balaban J connectivity index is 1.67. The van der Waals surface area contributed by atoms with Crippen molar-refractivity contribution in [3.63, 3.8) is 0 Å². The SMILES string of the molecule is CC(C)c1nc2ccc(Br)cc2c(=O)n1N=Cc1ccc(N(C)C)cc1OCC(=O)Nc1ccccc1. The van der Waals surface area contributed by atoms with Gasteiger partial charge in [-0.3, -0.25) is 9.59 Å². The van der Waals surface area contributed by atoms with E-state index in [2.05, 4.69) is 31.3 Å². The second-order valence-electron chi connectivity index (χ2n) is 8.97. The first-order chi connectivity index (χ1) is 17.7. The zero-order valence-electron chi connectivity index (χ0n) is 21.1. The average molecular weight is 562 g/mol. The zero-order valence-corrected chi connectivity index (χ0v) is 22.7. The highest BCUT2D eigenvalue weighted by Gasteiger charge is 2.15. The Morgan fingerprint density at radius 1 is 1.14 bits per heavy atom. The number of para-hydroxylation sites is 1. The van der Waals surface area contributed by atoms with E-state index in [9.17, 15) is 9.59 Å². The van der Waals surface area contributed by atoms with E-state index in [4.69, 9.17) is 4.74 Å². The molecule has 0 spiro atoms. The van der Waals surface area contributed by atoms with E-state index in [1.54, 1.807) is 12.3 Å². The highest BCUT2D eigenvalue weighted by Crippen LogP contribution is 2.25. The number of fused-ring (bicyclic) bond motifs is 1. The van der Waals surface area contributed by atoms with Crippen LogP contribution >= 0.6 is 15.9 Å². The minimum Gasteiger partial charge on any atom is -0.483 e. The fraction of sp³-hybridized carbons (Fsp3) is 0.214. The summed E-state index contributed by atoms with van der Waals surface area (Å²) in [7, 11) is 3.84. The number of rotatable bonds is 8. The van der Waals surface area contributed by atoms with Gasteiger partial charge in [0.05, 0.1) is 17.1 Å². The minimum atomic E-state index is -0.285. The monoisotopic (exact) mass is 561 g/mol. The molecule has 4 aromatic rings. The molecule has 3 aromatic carbocycles. The van der Waals surface area contributed by atoms with Gasteiger partial charge in [-0.2, -0.15) is 9.78 Å². The number of hydrogen-bond donors (Lipinski definition) is 1. The summed E-state index contributed by atoms with van der Waals surface area (Å²) in [5.74, 6) is 0.692. The van der Waals surface area contributed by atoms with Gasteiger partial charge in [-0.1, -0.05) is 48.0 Å². The predicted molar refractivity (Wildman–Crippen MR) is 152 cm³/mol. The summed E-state index contributed by atoms with van der Waals surface area (Å²) in [6.45, 7) is 3.74. The molecule has 190 valence electrons. The van der Waals surface area contributed by atoms with Crippen molar-refractivity contribution in [1.29, 1.82) is 0 Å². The number of amides is 1. The van der Waals surface area contributed by atoms with Crippen LogP contribution in [0.5, 0.6) is 5.75 Å². The first-order valence-electron chi connectivity index (χ1n) is 11.8. The molecule has 0 saturated heterocycles. The number of carbonyl (C=O) groups is 1. The van der Waals surface area contributed by atoms with Crippen LogP contribution in [-0.4, -0.2) is 42.5 Å². The van der Waals surface area contributed by atoms with Crippen molar-refractivity contribution in [3.05, 3.63) is 92.9 Å². The van der Waals surface area contributed by atoms with Crippen LogP contribution in [0.4, 0.5) is 11.4 Å². The van der Waals surface area contributed by atoms with Crippen LogP contribution in [0.15, 0.2) is 81.1 Å². The molecule has 1 heterocycles. The summed E-state index contributed by atoms with van der Waals surface area (Å²) in [4.78, 5) is 32.4. The lowest BCUT2D eigenvalue weighted by atomic mass is 10.1. The summed E-state index contributed by atoms with van der Waals surface area (Å²) >= 11 is 3.42. The first kappa shape index (κ1) is 26.1. The van der Waals surface area contributed by atoms with E-state index in [0.29, 0.717) is 33.7 Å². The molecule has 1 amide bonds. The highest BCUT2D eigenvalue weighted by atomic mass is 79.9. The molecule has 0 aliphatic heterocycles. The van der Waals surface area contributed by atoms with Gasteiger partial charge < -0.3 is 15.0 Å². The number of nitrogens with zero attached hydrogens (tertiary/aromatic N) is 4. The van der Waals surface area contributed by atoms with Crippen LogP contribution in [0.3, 0.4) is 0 Å². The lowest BCUT2D eigenvalue weighted by molar-refractivity contribution is -0.118. The van der Waals surface area contributed by atoms with Crippen molar-refractivity contribution >= 4 is 50.3 Å². The number of ether oxygens (including phenoxy) is 1. The van der Waals surface area contributed by atoms with E-state index in [1.165, 1.54) is 4.68 Å². The molecule has 4 rings (SSSR count). The molecule has 0 aliphatic rings. The maximum absolute atomic E-state index is 13.3. The zero-order chi connectivity index (χ0) is 26.5. The van der Waals surface area contributed by atoms with Gasteiger partial charge in [-0.15, -0.1) is 0 Å². The fourth-order valence-corrected chi connectivity index (χ4v) is 4.03. The molecule has 0 atom stereocenters. The van der Waals surface area contributed by atoms with Crippen LogP contribution in [0, 0.1) is 0 Å². The van der Waals surface area contributed by atoms with Crippen molar-refractivity contribution in [1.82, 2.24) is 9.66 Å². The molecular weight excluding hydrogens is 534 g/mol. The van der Waals surface area contributed by atoms with Gasteiger partial charge in [0, 0.05) is 47.5 Å². The van der Waals surface area contributed by atoms with E-state index >= 15 is 0 Å². The third kappa shape index (κ3) is 6.24.